The molecule has 0 radical (unpaired) electrons. The number of fused-ring (bicyclic) bond motifs is 3. The standard InChI is InChI=1S/C41H54O7/c1-23(37(47)48)20-26(42)21-25-14-10-11-15-28-35(46)32-33(41(6)31(44)22-29(25)40(28,41)5)34(45)27(17-16-24-12-8-7-9-13-24)36-38(2,3)30(43)18-19-39(32,36)4/h7-9,12-13,16-17,20,25-29,31,34,36,42,44-45H,10-11,14-15,18-19,21-22H2,1-6H3,(H,47,48). The number of ketones is 2. The highest BCUT2D eigenvalue weighted by Crippen LogP contribution is 2.74. The summed E-state index contributed by atoms with van der Waals surface area (Å²) in [6.07, 6.45) is 7.50. The first kappa shape index (κ1) is 35.0. The van der Waals surface area contributed by atoms with Crippen LogP contribution in [0, 0.1) is 51.2 Å². The van der Waals surface area contributed by atoms with Crippen molar-refractivity contribution < 1.29 is 34.8 Å². The quantitative estimate of drug-likeness (QED) is 0.255. The van der Waals surface area contributed by atoms with Gasteiger partial charge in [0.2, 0.25) is 0 Å². The third kappa shape index (κ3) is 4.97. The van der Waals surface area contributed by atoms with Crippen LogP contribution < -0.4 is 0 Å². The molecule has 260 valence electrons. The number of hydrogen-bond donors (Lipinski definition) is 4. The summed E-state index contributed by atoms with van der Waals surface area (Å²) < 4.78 is 0. The highest BCUT2D eigenvalue weighted by Gasteiger charge is 2.74. The Morgan fingerprint density at radius 1 is 1.02 bits per heavy atom. The van der Waals surface area contributed by atoms with Crippen molar-refractivity contribution in [2.75, 3.05) is 0 Å². The summed E-state index contributed by atoms with van der Waals surface area (Å²) in [7, 11) is 0. The molecule has 7 nitrogen and oxygen atoms in total. The Labute approximate surface area is 285 Å². The molecule has 0 bridgehead atoms. The average Bonchev–Trinajstić information content (AvgIpc) is 3.23. The maximum Gasteiger partial charge on any atom is 0.331 e. The number of Topliss-reactive ketones (excluding diaryl/α,β-unsaturated/α-hetero) is 2. The number of rotatable bonds is 6. The van der Waals surface area contributed by atoms with Crippen LogP contribution >= 0.6 is 0 Å². The molecule has 0 aliphatic heterocycles. The van der Waals surface area contributed by atoms with Crippen molar-refractivity contribution in [1.82, 2.24) is 0 Å². The van der Waals surface area contributed by atoms with E-state index in [1.54, 1.807) is 0 Å². The van der Waals surface area contributed by atoms with E-state index in [9.17, 15) is 30.0 Å². The monoisotopic (exact) mass is 658 g/mol. The average molecular weight is 659 g/mol. The first-order valence-corrected chi connectivity index (χ1v) is 18.0. The zero-order chi connectivity index (χ0) is 35.0. The van der Waals surface area contributed by atoms with Gasteiger partial charge in [-0.05, 0) is 73.0 Å². The van der Waals surface area contributed by atoms with Gasteiger partial charge in [-0.25, -0.2) is 4.79 Å². The molecule has 5 aliphatic rings. The number of carbonyl (C=O) groups excluding carboxylic acids is 2. The van der Waals surface area contributed by atoms with Crippen LogP contribution in [0.3, 0.4) is 0 Å². The lowest BCUT2D eigenvalue weighted by Crippen LogP contribution is -2.65. The number of carbonyl (C=O) groups is 3. The Bertz CT molecular complexity index is 1570. The first-order valence-electron chi connectivity index (χ1n) is 18.0. The van der Waals surface area contributed by atoms with Crippen molar-refractivity contribution in [1.29, 1.82) is 0 Å². The van der Waals surface area contributed by atoms with Gasteiger partial charge in [-0.2, -0.15) is 0 Å². The molecule has 3 saturated carbocycles. The van der Waals surface area contributed by atoms with Crippen LogP contribution in [-0.2, 0) is 14.4 Å². The third-order valence-electron chi connectivity index (χ3n) is 14.3. The van der Waals surface area contributed by atoms with Crippen molar-refractivity contribution in [2.45, 2.75) is 111 Å². The molecule has 1 aromatic rings. The van der Waals surface area contributed by atoms with Gasteiger partial charge >= 0.3 is 5.97 Å². The molecule has 0 amide bonds. The molecule has 1 aromatic carbocycles. The van der Waals surface area contributed by atoms with Crippen LogP contribution in [0.5, 0.6) is 0 Å². The fraction of sp³-hybridized carbons (Fsp3) is 0.634. The fourth-order valence-corrected chi connectivity index (χ4v) is 11.9. The van der Waals surface area contributed by atoms with E-state index in [-0.39, 0.29) is 40.8 Å². The molecule has 0 saturated heterocycles. The van der Waals surface area contributed by atoms with Gasteiger partial charge in [0.15, 0.2) is 5.78 Å². The van der Waals surface area contributed by atoms with Gasteiger partial charge in [-0.1, -0.05) is 96.4 Å². The fourth-order valence-electron chi connectivity index (χ4n) is 11.9. The lowest BCUT2D eigenvalue weighted by atomic mass is 9.38. The van der Waals surface area contributed by atoms with Crippen LogP contribution in [0.4, 0.5) is 0 Å². The summed E-state index contributed by atoms with van der Waals surface area (Å²) in [5.74, 6) is -2.15. The minimum absolute atomic E-state index is 0.0406. The second-order valence-electron chi connectivity index (χ2n) is 16.9. The number of aliphatic hydroxyl groups excluding tert-OH is 3. The summed E-state index contributed by atoms with van der Waals surface area (Å²) in [6, 6.07) is 9.90. The van der Waals surface area contributed by atoms with Gasteiger partial charge in [0.1, 0.15) is 5.78 Å². The van der Waals surface area contributed by atoms with Gasteiger partial charge in [0.05, 0.1) is 18.3 Å². The second kappa shape index (κ2) is 12.2. The number of allylic oxidation sites excluding steroid dienone is 1. The number of aliphatic carboxylic acids is 1. The van der Waals surface area contributed by atoms with Crippen LogP contribution in [-0.4, -0.2) is 56.3 Å². The lowest BCUT2D eigenvalue weighted by Gasteiger charge is -2.65. The first-order chi connectivity index (χ1) is 22.5. The summed E-state index contributed by atoms with van der Waals surface area (Å²) >= 11 is 0. The van der Waals surface area contributed by atoms with Crippen molar-refractivity contribution in [2.24, 2.45) is 51.2 Å². The summed E-state index contributed by atoms with van der Waals surface area (Å²) in [5.41, 5.74) is -0.671. The Kier molecular flexibility index (Phi) is 8.87. The third-order valence-corrected chi connectivity index (χ3v) is 14.3. The molecule has 4 N–H and O–H groups in total. The Balaban J connectivity index is 1.53. The van der Waals surface area contributed by atoms with E-state index in [1.165, 1.54) is 13.0 Å². The van der Waals surface area contributed by atoms with E-state index >= 15 is 4.79 Å². The molecule has 11 atom stereocenters. The minimum atomic E-state index is -1.07. The molecular weight excluding hydrogens is 604 g/mol. The van der Waals surface area contributed by atoms with Crippen LogP contribution in [0.15, 0.2) is 59.2 Å². The molecule has 5 aliphatic carbocycles. The summed E-state index contributed by atoms with van der Waals surface area (Å²) in [5, 5.41) is 45.6. The molecule has 3 fully saturated rings. The Hall–Kier alpha value is -2.87. The molecule has 0 heterocycles. The number of aliphatic hydroxyl groups is 3. The zero-order valence-electron chi connectivity index (χ0n) is 29.4. The van der Waals surface area contributed by atoms with Gasteiger partial charge in [0.25, 0.3) is 0 Å². The van der Waals surface area contributed by atoms with Gasteiger partial charge < -0.3 is 20.4 Å². The normalized spacial score (nSPS) is 41.7. The molecule has 0 aromatic heterocycles. The van der Waals surface area contributed by atoms with E-state index in [1.807, 2.05) is 56.3 Å². The van der Waals surface area contributed by atoms with Crippen molar-refractivity contribution in [3.8, 4) is 0 Å². The van der Waals surface area contributed by atoms with Crippen molar-refractivity contribution >= 4 is 23.6 Å². The number of benzene rings is 1. The van der Waals surface area contributed by atoms with Crippen LogP contribution in [0.2, 0.25) is 0 Å². The van der Waals surface area contributed by atoms with E-state index in [4.69, 9.17) is 0 Å². The van der Waals surface area contributed by atoms with Gasteiger partial charge in [-0.3, -0.25) is 9.59 Å². The highest BCUT2D eigenvalue weighted by molar-refractivity contribution is 6.03. The maximum atomic E-state index is 15.3. The van der Waals surface area contributed by atoms with E-state index < -0.39 is 51.9 Å². The molecule has 6 rings (SSSR count). The highest BCUT2D eigenvalue weighted by atomic mass is 16.4. The Morgan fingerprint density at radius 3 is 2.35 bits per heavy atom. The SMILES string of the molecule is CC(=CC(O)CC1CCCCC2C(=O)C3=C(C(O)C(C=Cc4ccccc4)C4C(C)(C)C(=O)CCC34C)C3(C)C(O)CC1C23C)C(=O)O. The molecule has 11 unspecified atom stereocenters. The predicted molar refractivity (Wildman–Crippen MR) is 184 cm³/mol. The van der Waals surface area contributed by atoms with Crippen molar-refractivity contribution in [3.05, 3.63) is 64.8 Å². The number of carboxylic acid groups (broad SMARTS) is 1. The van der Waals surface area contributed by atoms with E-state index in [0.717, 1.165) is 24.8 Å². The molecule has 7 heteroatoms. The number of hydrogen-bond acceptors (Lipinski definition) is 6. The van der Waals surface area contributed by atoms with Crippen LogP contribution in [0.25, 0.3) is 6.08 Å². The molecular formula is C41H54O7. The lowest BCUT2D eigenvalue weighted by molar-refractivity contribution is -0.157. The summed E-state index contributed by atoms with van der Waals surface area (Å²) in [4.78, 5) is 40.4. The smallest absolute Gasteiger partial charge is 0.331 e. The van der Waals surface area contributed by atoms with Gasteiger partial charge in [-0.15, -0.1) is 0 Å². The van der Waals surface area contributed by atoms with Gasteiger partial charge in [0, 0.05) is 45.6 Å². The minimum Gasteiger partial charge on any atom is -0.478 e. The van der Waals surface area contributed by atoms with Crippen molar-refractivity contribution in [3.63, 3.8) is 0 Å². The van der Waals surface area contributed by atoms with Crippen LogP contribution in [0.1, 0.15) is 98.5 Å². The van der Waals surface area contributed by atoms with E-state index in [0.29, 0.717) is 43.3 Å². The second-order valence-corrected chi connectivity index (χ2v) is 16.9. The summed E-state index contributed by atoms with van der Waals surface area (Å²) in [6.45, 7) is 11.8. The molecule has 0 spiro atoms. The Morgan fingerprint density at radius 2 is 1.69 bits per heavy atom. The predicted octanol–water partition coefficient (Wildman–Crippen LogP) is 6.56. The van der Waals surface area contributed by atoms with E-state index in [2.05, 4.69) is 20.8 Å². The zero-order valence-corrected chi connectivity index (χ0v) is 29.4. The molecule has 48 heavy (non-hydrogen) atoms. The topological polar surface area (TPSA) is 132 Å². The largest absolute Gasteiger partial charge is 0.478 e. The maximum absolute atomic E-state index is 15.3. The number of carboxylic acids is 1.